The van der Waals surface area contributed by atoms with Crippen LogP contribution in [0.1, 0.15) is 0 Å². The summed E-state index contributed by atoms with van der Waals surface area (Å²) in [6.45, 7) is 0. The van der Waals surface area contributed by atoms with Gasteiger partial charge >= 0.3 is 0 Å². The van der Waals surface area contributed by atoms with Gasteiger partial charge in [0.15, 0.2) is 5.82 Å². The van der Waals surface area contributed by atoms with Crippen LogP contribution < -0.4 is 5.56 Å². The van der Waals surface area contributed by atoms with E-state index in [4.69, 9.17) is 23.2 Å². The Balaban J connectivity index is 2.15. The molecule has 0 aliphatic heterocycles. The predicted molar refractivity (Wildman–Crippen MR) is 85.3 cm³/mol. The molecule has 0 saturated heterocycles. The van der Waals surface area contributed by atoms with Crippen LogP contribution in [0.25, 0.3) is 21.8 Å². The number of thiophene rings is 1. The Morgan fingerprint density at radius 3 is 2.62 bits per heavy atom. The average molecular weight is 339 g/mol. The van der Waals surface area contributed by atoms with Gasteiger partial charge in [-0.05, 0) is 23.8 Å². The lowest BCUT2D eigenvalue weighted by molar-refractivity contribution is 0.454. The maximum Gasteiger partial charge on any atom is 0.262 e. The Labute approximate surface area is 133 Å². The molecule has 0 aliphatic carbocycles. The molecule has 2 aromatic heterocycles. The summed E-state index contributed by atoms with van der Waals surface area (Å²) in [5.74, 6) is -0.0688. The summed E-state index contributed by atoms with van der Waals surface area (Å²) < 4.78 is 0. The van der Waals surface area contributed by atoms with E-state index in [0.717, 1.165) is 0 Å². The Morgan fingerprint density at radius 2 is 2.00 bits per heavy atom. The minimum atomic E-state index is -0.440. The minimum absolute atomic E-state index is 0.0869. The van der Waals surface area contributed by atoms with E-state index in [0.29, 0.717) is 20.5 Å². The number of rotatable bonds is 2. The van der Waals surface area contributed by atoms with E-state index < -0.39 is 5.56 Å². The predicted octanol–water partition coefficient (Wildman–Crippen LogP) is 4.18. The largest absolute Gasteiger partial charge is 0.493 e. The molecule has 0 atom stereocenters. The van der Waals surface area contributed by atoms with Crippen LogP contribution in [-0.4, -0.2) is 15.1 Å². The van der Waals surface area contributed by atoms with E-state index in [1.807, 2.05) is 0 Å². The van der Waals surface area contributed by atoms with E-state index in [-0.39, 0.29) is 17.3 Å². The van der Waals surface area contributed by atoms with Gasteiger partial charge in [-0.3, -0.25) is 4.79 Å². The Kier molecular flexibility index (Phi) is 3.71. The molecule has 0 amide bonds. The monoisotopic (exact) mass is 338 g/mol. The lowest BCUT2D eigenvalue weighted by Gasteiger charge is -2.05. The summed E-state index contributed by atoms with van der Waals surface area (Å²) in [6, 6.07) is 8.33. The van der Waals surface area contributed by atoms with Gasteiger partial charge in [-0.2, -0.15) is 4.98 Å². The van der Waals surface area contributed by atoms with Crippen LogP contribution in [-0.2, 0) is 0 Å². The van der Waals surface area contributed by atoms with Crippen molar-refractivity contribution in [3.63, 3.8) is 0 Å². The Hall–Kier alpha value is -1.82. The summed E-state index contributed by atoms with van der Waals surface area (Å²) in [4.78, 5) is 19.6. The van der Waals surface area contributed by atoms with Crippen LogP contribution in [0.2, 0.25) is 10.0 Å². The molecule has 4 nitrogen and oxygen atoms in total. The van der Waals surface area contributed by atoms with Gasteiger partial charge < -0.3 is 10.1 Å². The zero-order valence-corrected chi connectivity index (χ0v) is 12.8. The smallest absolute Gasteiger partial charge is 0.262 e. The summed E-state index contributed by atoms with van der Waals surface area (Å²) in [6.07, 6.45) is 0. The third-order valence-electron chi connectivity index (χ3n) is 2.81. The highest BCUT2D eigenvalue weighted by Gasteiger charge is 2.15. The number of aromatic amines is 1. The second-order valence-electron chi connectivity index (χ2n) is 4.25. The van der Waals surface area contributed by atoms with Gasteiger partial charge in [0.05, 0.1) is 9.90 Å². The van der Waals surface area contributed by atoms with Gasteiger partial charge in [-0.1, -0.05) is 35.3 Å². The second-order valence-corrected chi connectivity index (χ2v) is 6.04. The van der Waals surface area contributed by atoms with Crippen molar-refractivity contribution >= 4 is 34.5 Å². The fourth-order valence-electron chi connectivity index (χ4n) is 1.92. The molecule has 3 rings (SSSR count). The van der Waals surface area contributed by atoms with E-state index in [9.17, 15) is 9.90 Å². The number of benzene rings is 1. The molecule has 3 aromatic rings. The van der Waals surface area contributed by atoms with Crippen molar-refractivity contribution in [3.05, 3.63) is 56.1 Å². The first kappa shape index (κ1) is 14.1. The molecule has 0 saturated carbocycles. The number of nitrogens with zero attached hydrogens (tertiary/aromatic N) is 1. The second kappa shape index (κ2) is 5.52. The molecule has 0 radical (unpaired) electrons. The number of aromatic hydroxyl groups is 1. The molecule has 1 aromatic carbocycles. The van der Waals surface area contributed by atoms with Crippen molar-refractivity contribution in [3.8, 4) is 27.7 Å². The van der Waals surface area contributed by atoms with Crippen LogP contribution in [0.15, 0.2) is 40.5 Å². The standard InChI is InChI=1S/C14H8Cl2N2O2S/c15-8-3-1-2-7(4-8)11-13(19)17-12(18-14(11)20)10-5-9(16)6-21-10/h1-6H,(H2,17,18,19,20). The van der Waals surface area contributed by atoms with Gasteiger partial charge in [0.1, 0.15) is 5.56 Å². The SMILES string of the molecule is O=c1[nH]c(-c2cc(Cl)cs2)nc(O)c1-c1cccc(Cl)c1. The van der Waals surface area contributed by atoms with E-state index in [1.54, 1.807) is 35.7 Å². The summed E-state index contributed by atoms with van der Waals surface area (Å²) in [5.41, 5.74) is 0.151. The number of aromatic nitrogens is 2. The van der Waals surface area contributed by atoms with Crippen LogP contribution in [0.5, 0.6) is 5.88 Å². The highest BCUT2D eigenvalue weighted by molar-refractivity contribution is 7.14. The van der Waals surface area contributed by atoms with E-state index >= 15 is 0 Å². The molecule has 21 heavy (non-hydrogen) atoms. The number of hydrogen-bond donors (Lipinski definition) is 2. The number of hydrogen-bond acceptors (Lipinski definition) is 4. The number of halogens is 2. The molecule has 0 unspecified atom stereocenters. The van der Waals surface area contributed by atoms with Crippen molar-refractivity contribution < 1.29 is 5.11 Å². The van der Waals surface area contributed by atoms with Crippen molar-refractivity contribution in [1.29, 1.82) is 0 Å². The molecular formula is C14H8Cl2N2O2S. The van der Waals surface area contributed by atoms with Crippen LogP contribution in [0, 0.1) is 0 Å². The molecular weight excluding hydrogens is 331 g/mol. The molecule has 0 spiro atoms. The topological polar surface area (TPSA) is 66.0 Å². The van der Waals surface area contributed by atoms with Gasteiger partial charge in [-0.25, -0.2) is 0 Å². The normalized spacial score (nSPS) is 10.8. The quantitative estimate of drug-likeness (QED) is 0.736. The maximum absolute atomic E-state index is 12.2. The van der Waals surface area contributed by atoms with Gasteiger partial charge in [0.25, 0.3) is 5.56 Å². The molecule has 2 heterocycles. The van der Waals surface area contributed by atoms with E-state index in [1.165, 1.54) is 11.3 Å². The van der Waals surface area contributed by atoms with Crippen LogP contribution in [0.3, 0.4) is 0 Å². The zero-order valence-electron chi connectivity index (χ0n) is 10.4. The fraction of sp³-hybridized carbons (Fsp3) is 0. The minimum Gasteiger partial charge on any atom is -0.493 e. The lowest BCUT2D eigenvalue weighted by atomic mass is 10.1. The van der Waals surface area contributed by atoms with Gasteiger partial charge in [-0.15, -0.1) is 11.3 Å². The van der Waals surface area contributed by atoms with Crippen molar-refractivity contribution in [2.24, 2.45) is 0 Å². The number of H-pyrrole nitrogens is 1. The third-order valence-corrected chi connectivity index (χ3v) is 4.33. The molecule has 7 heteroatoms. The Bertz CT molecular complexity index is 873. The summed E-state index contributed by atoms with van der Waals surface area (Å²) >= 11 is 13.1. The van der Waals surface area contributed by atoms with Gasteiger partial charge in [0, 0.05) is 10.4 Å². The average Bonchev–Trinajstić information content (AvgIpc) is 2.85. The van der Waals surface area contributed by atoms with Crippen LogP contribution >= 0.6 is 34.5 Å². The van der Waals surface area contributed by atoms with Crippen molar-refractivity contribution in [2.75, 3.05) is 0 Å². The van der Waals surface area contributed by atoms with E-state index in [2.05, 4.69) is 9.97 Å². The first-order valence-electron chi connectivity index (χ1n) is 5.88. The molecule has 0 bridgehead atoms. The Morgan fingerprint density at radius 1 is 1.19 bits per heavy atom. The summed E-state index contributed by atoms with van der Waals surface area (Å²) in [7, 11) is 0. The molecule has 0 fully saturated rings. The number of nitrogens with one attached hydrogen (secondary N) is 1. The van der Waals surface area contributed by atoms with Gasteiger partial charge in [0.2, 0.25) is 5.88 Å². The zero-order chi connectivity index (χ0) is 15.0. The van der Waals surface area contributed by atoms with Crippen molar-refractivity contribution in [2.45, 2.75) is 0 Å². The van der Waals surface area contributed by atoms with Crippen molar-refractivity contribution in [1.82, 2.24) is 9.97 Å². The molecule has 0 aliphatic rings. The highest BCUT2D eigenvalue weighted by Crippen LogP contribution is 2.30. The van der Waals surface area contributed by atoms with Crippen LogP contribution in [0.4, 0.5) is 0 Å². The maximum atomic E-state index is 12.2. The lowest BCUT2D eigenvalue weighted by Crippen LogP contribution is -2.11. The first-order valence-corrected chi connectivity index (χ1v) is 7.52. The highest BCUT2D eigenvalue weighted by atomic mass is 35.5. The summed E-state index contributed by atoms with van der Waals surface area (Å²) in [5, 5.41) is 12.8. The molecule has 2 N–H and O–H groups in total. The first-order chi connectivity index (χ1) is 10.0. The third kappa shape index (κ3) is 2.81. The fourth-order valence-corrected chi connectivity index (χ4v) is 3.13. The molecule has 106 valence electrons.